The Morgan fingerprint density at radius 1 is 0.773 bits per heavy atom. The third-order valence-corrected chi connectivity index (χ3v) is 2.88. The van der Waals surface area contributed by atoms with Crippen LogP contribution in [0.1, 0.15) is 0 Å². The molecule has 0 radical (unpaired) electrons. The second-order valence-corrected chi connectivity index (χ2v) is 4.44. The van der Waals surface area contributed by atoms with Crippen LogP contribution < -0.4 is 20.6 Å². The highest BCUT2D eigenvalue weighted by Crippen LogP contribution is 2.30. The van der Waals surface area contributed by atoms with Crippen LogP contribution in [0.25, 0.3) is 11.0 Å². The highest BCUT2D eigenvalue weighted by Gasteiger charge is 2.10. The monoisotopic (exact) mass is 310 g/mol. The molecule has 0 spiro atoms. The molecule has 0 fully saturated rings. The molecule has 0 bridgehead atoms. The van der Waals surface area contributed by atoms with Crippen molar-refractivity contribution in [1.29, 1.82) is 0 Å². The zero-order valence-corrected chi connectivity index (χ0v) is 12.4. The number of aromatic nitrogens is 2. The molecule has 0 aliphatic heterocycles. The van der Waals surface area contributed by atoms with Gasteiger partial charge < -0.3 is 28.9 Å². The molecule has 0 unspecified atom stereocenters. The maximum atomic E-state index is 11.4. The maximum Gasteiger partial charge on any atom is 0.314 e. The van der Waals surface area contributed by atoms with Gasteiger partial charge in [-0.05, 0) is 0 Å². The van der Waals surface area contributed by atoms with Gasteiger partial charge in [0.15, 0.2) is 11.5 Å². The number of hydrogen-bond donors (Lipinski definition) is 2. The van der Waals surface area contributed by atoms with Gasteiger partial charge in [-0.3, -0.25) is 9.59 Å². The van der Waals surface area contributed by atoms with E-state index in [2.05, 4.69) is 9.97 Å². The van der Waals surface area contributed by atoms with Gasteiger partial charge in [0.25, 0.3) is 0 Å². The van der Waals surface area contributed by atoms with Crippen LogP contribution in [0.3, 0.4) is 0 Å². The SMILES string of the molecule is COCCOc1cc2[nH]c(=O)c(=O)[nH]c2cc1OCCOC. The van der Waals surface area contributed by atoms with Crippen LogP contribution in [0.5, 0.6) is 11.5 Å². The fraction of sp³-hybridized carbons (Fsp3) is 0.429. The minimum atomic E-state index is -0.719. The van der Waals surface area contributed by atoms with Crippen LogP contribution in [0, 0.1) is 0 Å². The van der Waals surface area contributed by atoms with Gasteiger partial charge in [0.1, 0.15) is 13.2 Å². The Morgan fingerprint density at radius 3 is 1.55 bits per heavy atom. The van der Waals surface area contributed by atoms with Crippen molar-refractivity contribution in [3.05, 3.63) is 32.8 Å². The Balaban J connectivity index is 2.37. The number of fused-ring (bicyclic) bond motifs is 1. The fourth-order valence-corrected chi connectivity index (χ4v) is 1.82. The number of rotatable bonds is 8. The van der Waals surface area contributed by atoms with Gasteiger partial charge in [-0.15, -0.1) is 0 Å². The summed E-state index contributed by atoms with van der Waals surface area (Å²) in [6, 6.07) is 3.20. The number of methoxy groups -OCH3 is 2. The molecule has 0 saturated heterocycles. The summed E-state index contributed by atoms with van der Waals surface area (Å²) in [7, 11) is 3.14. The zero-order chi connectivity index (χ0) is 15.9. The van der Waals surface area contributed by atoms with E-state index in [9.17, 15) is 9.59 Å². The van der Waals surface area contributed by atoms with Crippen molar-refractivity contribution in [3.63, 3.8) is 0 Å². The first-order chi connectivity index (χ1) is 10.7. The maximum absolute atomic E-state index is 11.4. The first kappa shape index (κ1) is 16.1. The van der Waals surface area contributed by atoms with E-state index in [4.69, 9.17) is 18.9 Å². The van der Waals surface area contributed by atoms with Gasteiger partial charge in [-0.2, -0.15) is 0 Å². The summed E-state index contributed by atoms with van der Waals surface area (Å²) in [5.74, 6) is 0.895. The molecule has 1 aromatic heterocycles. The Hall–Kier alpha value is -2.32. The van der Waals surface area contributed by atoms with E-state index in [1.54, 1.807) is 26.4 Å². The predicted octanol–water partition coefficient (Wildman–Crippen LogP) is 0.267. The fourth-order valence-electron chi connectivity index (χ4n) is 1.82. The molecule has 1 heterocycles. The summed E-state index contributed by atoms with van der Waals surface area (Å²) in [4.78, 5) is 27.8. The number of aromatic amines is 2. The van der Waals surface area contributed by atoms with Crippen LogP contribution in [0.2, 0.25) is 0 Å². The summed E-state index contributed by atoms with van der Waals surface area (Å²) in [5, 5.41) is 0. The number of ether oxygens (including phenoxy) is 4. The molecule has 0 aliphatic rings. The number of H-pyrrole nitrogens is 2. The molecule has 0 saturated carbocycles. The average molecular weight is 310 g/mol. The Kier molecular flexibility index (Phi) is 5.56. The topological polar surface area (TPSA) is 103 Å². The first-order valence-electron chi connectivity index (χ1n) is 6.69. The zero-order valence-electron chi connectivity index (χ0n) is 12.4. The lowest BCUT2D eigenvalue weighted by atomic mass is 10.2. The summed E-state index contributed by atoms with van der Waals surface area (Å²) in [5.41, 5.74) is -0.529. The molecule has 22 heavy (non-hydrogen) atoms. The molecule has 0 aliphatic carbocycles. The van der Waals surface area contributed by atoms with Crippen molar-refractivity contribution < 1.29 is 18.9 Å². The molecule has 2 aromatic rings. The highest BCUT2D eigenvalue weighted by atomic mass is 16.5. The minimum absolute atomic E-state index is 0.330. The van der Waals surface area contributed by atoms with Crippen molar-refractivity contribution in [3.8, 4) is 11.5 Å². The number of nitrogens with one attached hydrogen (secondary N) is 2. The Labute approximate surface area is 126 Å². The van der Waals surface area contributed by atoms with Gasteiger partial charge >= 0.3 is 11.1 Å². The van der Waals surface area contributed by atoms with E-state index < -0.39 is 11.1 Å². The van der Waals surface area contributed by atoms with Crippen molar-refractivity contribution in [2.45, 2.75) is 0 Å². The van der Waals surface area contributed by atoms with E-state index in [0.29, 0.717) is 49.0 Å². The first-order valence-corrected chi connectivity index (χ1v) is 6.69. The lowest BCUT2D eigenvalue weighted by Crippen LogP contribution is -2.28. The molecule has 1 aromatic carbocycles. The van der Waals surface area contributed by atoms with Gasteiger partial charge in [0, 0.05) is 26.4 Å². The lowest BCUT2D eigenvalue weighted by molar-refractivity contribution is 0.132. The lowest BCUT2D eigenvalue weighted by Gasteiger charge is -2.13. The molecule has 0 atom stereocenters. The molecular weight excluding hydrogens is 292 g/mol. The summed E-state index contributed by atoms with van der Waals surface area (Å²) in [6.07, 6.45) is 0. The van der Waals surface area contributed by atoms with Crippen LogP contribution in [0.4, 0.5) is 0 Å². The quantitative estimate of drug-likeness (QED) is 0.536. The largest absolute Gasteiger partial charge is 0.487 e. The molecular formula is C14H18N2O6. The van der Waals surface area contributed by atoms with E-state index in [1.807, 2.05) is 0 Å². The van der Waals surface area contributed by atoms with Crippen molar-refractivity contribution in [2.75, 3.05) is 40.6 Å². The third kappa shape index (κ3) is 3.86. The van der Waals surface area contributed by atoms with E-state index >= 15 is 0 Å². The van der Waals surface area contributed by atoms with Gasteiger partial charge in [-0.1, -0.05) is 0 Å². The number of hydrogen-bond acceptors (Lipinski definition) is 6. The Morgan fingerprint density at radius 2 is 1.18 bits per heavy atom. The number of benzene rings is 1. The summed E-state index contributed by atoms with van der Waals surface area (Å²) >= 11 is 0. The molecule has 8 nitrogen and oxygen atoms in total. The minimum Gasteiger partial charge on any atom is -0.487 e. The van der Waals surface area contributed by atoms with Crippen LogP contribution in [0.15, 0.2) is 21.7 Å². The van der Waals surface area contributed by atoms with Crippen molar-refractivity contribution in [2.24, 2.45) is 0 Å². The van der Waals surface area contributed by atoms with Crippen molar-refractivity contribution >= 4 is 11.0 Å². The van der Waals surface area contributed by atoms with E-state index in [0.717, 1.165) is 0 Å². The molecule has 8 heteroatoms. The standard InChI is InChI=1S/C14H18N2O6/c1-19-3-5-21-11-7-9-10(16-14(18)13(17)15-9)8-12(11)22-6-4-20-2/h7-8H,3-6H2,1-2H3,(H,15,17)(H,16,18). The van der Waals surface area contributed by atoms with Gasteiger partial charge in [0.2, 0.25) is 0 Å². The Bertz CT molecular complexity index is 674. The molecule has 0 amide bonds. The molecule has 2 N–H and O–H groups in total. The van der Waals surface area contributed by atoms with Crippen molar-refractivity contribution in [1.82, 2.24) is 9.97 Å². The van der Waals surface area contributed by atoms with Crippen LogP contribution >= 0.6 is 0 Å². The van der Waals surface area contributed by atoms with Crippen LogP contribution in [-0.2, 0) is 9.47 Å². The molecule has 2 rings (SSSR count). The second kappa shape index (κ2) is 7.62. The third-order valence-electron chi connectivity index (χ3n) is 2.88. The normalized spacial score (nSPS) is 10.8. The second-order valence-electron chi connectivity index (χ2n) is 4.44. The highest BCUT2D eigenvalue weighted by molar-refractivity contribution is 5.78. The van der Waals surface area contributed by atoms with Crippen LogP contribution in [-0.4, -0.2) is 50.6 Å². The summed E-state index contributed by atoms with van der Waals surface area (Å²) in [6.45, 7) is 1.49. The van der Waals surface area contributed by atoms with Gasteiger partial charge in [-0.25, -0.2) is 0 Å². The van der Waals surface area contributed by atoms with E-state index in [-0.39, 0.29) is 0 Å². The van der Waals surface area contributed by atoms with E-state index in [1.165, 1.54) is 0 Å². The smallest absolute Gasteiger partial charge is 0.314 e. The predicted molar refractivity (Wildman–Crippen MR) is 79.9 cm³/mol. The average Bonchev–Trinajstić information content (AvgIpc) is 2.50. The van der Waals surface area contributed by atoms with Gasteiger partial charge in [0.05, 0.1) is 24.2 Å². The summed E-state index contributed by atoms with van der Waals surface area (Å²) < 4.78 is 21.0. The molecule has 120 valence electrons.